The lowest BCUT2D eigenvalue weighted by molar-refractivity contribution is 0.0273. The Morgan fingerprint density at radius 2 is 2.13 bits per heavy atom. The molecule has 3 unspecified atom stereocenters. The smallest absolute Gasteiger partial charge is 0.0787 e. The van der Waals surface area contributed by atoms with Crippen LogP contribution in [0.25, 0.3) is 0 Å². The number of nitrogens with one attached hydrogen (secondary N) is 1. The second-order valence-corrected chi connectivity index (χ2v) is 4.27. The van der Waals surface area contributed by atoms with E-state index in [1.54, 1.807) is 0 Å². The maximum atomic E-state index is 5.84. The summed E-state index contributed by atoms with van der Waals surface area (Å²) in [6.45, 7) is 4.03. The van der Waals surface area contributed by atoms with E-state index in [4.69, 9.17) is 4.74 Å². The number of fused-ring (bicyclic) bond motifs is 3. The van der Waals surface area contributed by atoms with Crippen molar-refractivity contribution in [2.24, 2.45) is 0 Å². The molecule has 2 aliphatic rings. The van der Waals surface area contributed by atoms with Gasteiger partial charge < -0.3 is 10.1 Å². The predicted octanol–water partition coefficient (Wildman–Crippen LogP) is 2.08. The highest BCUT2D eigenvalue weighted by Crippen LogP contribution is 2.36. The highest BCUT2D eigenvalue weighted by atomic mass is 35.5. The minimum absolute atomic E-state index is 0. The first-order valence-electron chi connectivity index (χ1n) is 5.29. The van der Waals surface area contributed by atoms with Crippen molar-refractivity contribution >= 4 is 12.4 Å². The molecule has 2 nitrogen and oxygen atoms in total. The number of hydrogen-bond donors (Lipinski definition) is 1. The van der Waals surface area contributed by atoms with Crippen molar-refractivity contribution in [3.05, 3.63) is 35.4 Å². The van der Waals surface area contributed by atoms with Gasteiger partial charge in [0, 0.05) is 18.5 Å². The monoisotopic (exact) mass is 225 g/mol. The van der Waals surface area contributed by atoms with Gasteiger partial charge in [0.25, 0.3) is 0 Å². The summed E-state index contributed by atoms with van der Waals surface area (Å²) in [5, 5.41) is 3.48. The molecule has 1 saturated heterocycles. The van der Waals surface area contributed by atoms with Crippen LogP contribution in [0.4, 0.5) is 0 Å². The van der Waals surface area contributed by atoms with Gasteiger partial charge in [-0.2, -0.15) is 0 Å². The van der Waals surface area contributed by atoms with Crippen molar-refractivity contribution < 1.29 is 4.74 Å². The fraction of sp³-hybridized carbons (Fsp3) is 0.500. The van der Waals surface area contributed by atoms with Gasteiger partial charge in [-0.05, 0) is 18.1 Å². The quantitative estimate of drug-likeness (QED) is 0.730. The number of benzene rings is 1. The molecule has 1 N–H and O–H groups in total. The summed E-state index contributed by atoms with van der Waals surface area (Å²) < 4.78 is 5.84. The summed E-state index contributed by atoms with van der Waals surface area (Å²) in [7, 11) is 0. The van der Waals surface area contributed by atoms with E-state index < -0.39 is 0 Å². The Morgan fingerprint density at radius 1 is 1.33 bits per heavy atom. The molecule has 0 radical (unpaired) electrons. The van der Waals surface area contributed by atoms with Crippen LogP contribution in [0.3, 0.4) is 0 Å². The second-order valence-electron chi connectivity index (χ2n) is 4.27. The van der Waals surface area contributed by atoms with Crippen LogP contribution in [0, 0.1) is 0 Å². The van der Waals surface area contributed by atoms with E-state index in [2.05, 4.69) is 36.5 Å². The topological polar surface area (TPSA) is 21.3 Å². The van der Waals surface area contributed by atoms with Crippen LogP contribution in [0.5, 0.6) is 0 Å². The largest absolute Gasteiger partial charge is 0.372 e. The lowest BCUT2D eigenvalue weighted by Gasteiger charge is -2.29. The first kappa shape index (κ1) is 10.9. The fourth-order valence-electron chi connectivity index (χ4n) is 2.70. The van der Waals surface area contributed by atoms with Crippen molar-refractivity contribution in [3.8, 4) is 0 Å². The average Bonchev–Trinajstić information content (AvgIpc) is 2.61. The minimum atomic E-state index is 0. The molecule has 3 rings (SSSR count). The molecule has 0 bridgehead atoms. The van der Waals surface area contributed by atoms with Crippen molar-refractivity contribution in [1.82, 2.24) is 5.32 Å². The molecule has 1 aromatic carbocycles. The van der Waals surface area contributed by atoms with Crippen molar-refractivity contribution in [1.29, 1.82) is 0 Å². The van der Waals surface area contributed by atoms with Crippen LogP contribution in [0.1, 0.15) is 24.0 Å². The Kier molecular flexibility index (Phi) is 3.01. The molecule has 82 valence electrons. The molecule has 0 aliphatic carbocycles. The van der Waals surface area contributed by atoms with E-state index >= 15 is 0 Å². The van der Waals surface area contributed by atoms with Gasteiger partial charge in [-0.25, -0.2) is 0 Å². The lowest BCUT2D eigenvalue weighted by atomic mass is 9.86. The SMILES string of the molecule is CC1NCC2OCc3ccccc3C12.Cl. The van der Waals surface area contributed by atoms with Crippen molar-refractivity contribution in [2.75, 3.05) is 6.54 Å². The Balaban J connectivity index is 0.000000853. The number of rotatable bonds is 0. The lowest BCUT2D eigenvalue weighted by Crippen LogP contribution is -2.29. The number of hydrogen-bond acceptors (Lipinski definition) is 2. The van der Waals surface area contributed by atoms with E-state index in [1.807, 2.05) is 0 Å². The zero-order valence-electron chi connectivity index (χ0n) is 8.77. The molecule has 2 aliphatic heterocycles. The maximum absolute atomic E-state index is 5.84. The molecule has 0 amide bonds. The molecular formula is C12H16ClNO. The summed E-state index contributed by atoms with van der Waals surface area (Å²) >= 11 is 0. The van der Waals surface area contributed by atoms with Gasteiger partial charge >= 0.3 is 0 Å². The zero-order chi connectivity index (χ0) is 9.54. The Labute approximate surface area is 96.4 Å². The average molecular weight is 226 g/mol. The van der Waals surface area contributed by atoms with Crippen LogP contribution in [-0.4, -0.2) is 18.7 Å². The zero-order valence-corrected chi connectivity index (χ0v) is 9.59. The highest BCUT2D eigenvalue weighted by Gasteiger charge is 2.38. The van der Waals surface area contributed by atoms with Crippen LogP contribution in [-0.2, 0) is 11.3 Å². The number of ether oxygens (including phenoxy) is 1. The fourth-order valence-corrected chi connectivity index (χ4v) is 2.70. The molecule has 3 atom stereocenters. The molecule has 15 heavy (non-hydrogen) atoms. The van der Waals surface area contributed by atoms with Crippen LogP contribution in [0.15, 0.2) is 24.3 Å². The normalized spacial score (nSPS) is 32.7. The summed E-state index contributed by atoms with van der Waals surface area (Å²) in [5.74, 6) is 0.556. The number of halogens is 1. The van der Waals surface area contributed by atoms with Gasteiger partial charge in [-0.15, -0.1) is 12.4 Å². The van der Waals surface area contributed by atoms with E-state index in [-0.39, 0.29) is 12.4 Å². The summed E-state index contributed by atoms with van der Waals surface area (Å²) in [4.78, 5) is 0. The van der Waals surface area contributed by atoms with Crippen LogP contribution in [0.2, 0.25) is 0 Å². The third-order valence-corrected chi connectivity index (χ3v) is 3.45. The molecule has 1 fully saturated rings. The molecule has 1 aromatic rings. The molecule has 0 spiro atoms. The second kappa shape index (κ2) is 4.12. The van der Waals surface area contributed by atoms with Gasteiger partial charge in [-0.1, -0.05) is 24.3 Å². The van der Waals surface area contributed by atoms with Crippen molar-refractivity contribution in [2.45, 2.75) is 31.6 Å². The van der Waals surface area contributed by atoms with Gasteiger partial charge in [-0.3, -0.25) is 0 Å². The van der Waals surface area contributed by atoms with E-state index in [9.17, 15) is 0 Å². The van der Waals surface area contributed by atoms with E-state index in [1.165, 1.54) is 11.1 Å². The van der Waals surface area contributed by atoms with E-state index in [0.29, 0.717) is 18.1 Å². The van der Waals surface area contributed by atoms with Gasteiger partial charge in [0.15, 0.2) is 0 Å². The first-order valence-corrected chi connectivity index (χ1v) is 5.29. The summed E-state index contributed by atoms with van der Waals surface area (Å²) in [5.41, 5.74) is 2.85. The molecular weight excluding hydrogens is 210 g/mol. The third-order valence-electron chi connectivity index (χ3n) is 3.45. The first-order chi connectivity index (χ1) is 6.86. The Hall–Kier alpha value is -0.570. The molecule has 0 saturated carbocycles. The van der Waals surface area contributed by atoms with Crippen LogP contribution >= 0.6 is 12.4 Å². The van der Waals surface area contributed by atoms with Gasteiger partial charge in [0.1, 0.15) is 0 Å². The third kappa shape index (κ3) is 1.67. The molecule has 3 heteroatoms. The Morgan fingerprint density at radius 3 is 3.00 bits per heavy atom. The molecule has 2 heterocycles. The molecule has 0 aromatic heterocycles. The summed E-state index contributed by atoms with van der Waals surface area (Å²) in [6, 6.07) is 9.19. The summed E-state index contributed by atoms with van der Waals surface area (Å²) in [6.07, 6.45) is 0.389. The Bertz CT molecular complexity index is 355. The van der Waals surface area contributed by atoms with Gasteiger partial charge in [0.05, 0.1) is 12.7 Å². The minimum Gasteiger partial charge on any atom is -0.372 e. The van der Waals surface area contributed by atoms with Crippen molar-refractivity contribution in [3.63, 3.8) is 0 Å². The van der Waals surface area contributed by atoms with E-state index in [0.717, 1.165) is 13.2 Å². The standard InChI is InChI=1S/C12H15NO.ClH/c1-8-12-10-5-3-2-4-9(10)7-14-11(12)6-13-8;/h2-5,8,11-13H,6-7H2,1H3;1H. The van der Waals surface area contributed by atoms with Gasteiger partial charge in [0.2, 0.25) is 0 Å². The predicted molar refractivity (Wildman–Crippen MR) is 62.5 cm³/mol. The van der Waals surface area contributed by atoms with Crippen LogP contribution < -0.4 is 5.32 Å². The highest BCUT2D eigenvalue weighted by molar-refractivity contribution is 5.85. The maximum Gasteiger partial charge on any atom is 0.0787 e.